The maximum absolute atomic E-state index is 10.6. The molecule has 0 aliphatic rings. The van der Waals surface area contributed by atoms with E-state index in [-0.39, 0.29) is 6.61 Å². The molecule has 0 saturated heterocycles. The minimum absolute atomic E-state index is 0.137. The average molecular weight is 246 g/mol. The molecule has 0 unspecified atom stereocenters. The van der Waals surface area contributed by atoms with Crippen LogP contribution in [0.25, 0.3) is 0 Å². The maximum atomic E-state index is 10.6. The lowest BCUT2D eigenvalue weighted by molar-refractivity contribution is -0.146. The topological polar surface area (TPSA) is 98.8 Å². The van der Waals surface area contributed by atoms with E-state index in [1.165, 1.54) is 4.72 Å². The van der Waals surface area contributed by atoms with Crippen molar-refractivity contribution in [2.24, 2.45) is 0 Å². The van der Waals surface area contributed by atoms with Crippen molar-refractivity contribution in [2.75, 3.05) is 13.2 Å². The Morgan fingerprint density at radius 2 is 1.93 bits per heavy atom. The number of ether oxygens (including phenoxy) is 2. The number of rotatable bonds is 4. The molecule has 0 aliphatic heterocycles. The van der Waals surface area contributed by atoms with E-state index in [1.54, 1.807) is 6.92 Å². The molecule has 14 heavy (non-hydrogen) atoms. The molecule has 0 spiro atoms. The van der Waals surface area contributed by atoms with Crippen LogP contribution in [0.3, 0.4) is 0 Å². The van der Waals surface area contributed by atoms with Crippen LogP contribution in [-0.2, 0) is 23.5 Å². The van der Waals surface area contributed by atoms with Crippen molar-refractivity contribution in [1.29, 1.82) is 0 Å². The predicted octanol–water partition coefficient (Wildman–Crippen LogP) is -0.241. The Bertz CT molecular complexity index is 312. The van der Waals surface area contributed by atoms with E-state index in [2.05, 4.69) is 20.2 Å². The third-order valence-corrected chi connectivity index (χ3v) is 1.47. The normalized spacial score (nSPS) is 10.4. The van der Waals surface area contributed by atoms with Gasteiger partial charge in [-0.05, 0) is 6.92 Å². The Morgan fingerprint density at radius 1 is 1.36 bits per heavy atom. The molecule has 0 bridgehead atoms. The van der Waals surface area contributed by atoms with E-state index < -0.39 is 27.9 Å². The van der Waals surface area contributed by atoms with Crippen molar-refractivity contribution < 1.29 is 27.5 Å². The third kappa shape index (κ3) is 7.62. The molecule has 1 amide bonds. The second-order valence-electron chi connectivity index (χ2n) is 1.92. The molecule has 0 saturated carbocycles. The van der Waals surface area contributed by atoms with E-state index in [4.69, 9.17) is 0 Å². The van der Waals surface area contributed by atoms with Crippen molar-refractivity contribution >= 4 is 32.0 Å². The number of esters is 1. The zero-order chi connectivity index (χ0) is 11.2. The van der Waals surface area contributed by atoms with Gasteiger partial charge < -0.3 is 9.47 Å². The molecule has 0 radical (unpaired) electrons. The molecule has 0 aromatic carbocycles. The first kappa shape index (κ1) is 13.0. The Kier molecular flexibility index (Phi) is 5.24. The Morgan fingerprint density at radius 3 is 2.36 bits per heavy atom. The molecule has 0 aromatic rings. The zero-order valence-electron chi connectivity index (χ0n) is 7.15. The third-order valence-electron chi connectivity index (χ3n) is 0.832. The van der Waals surface area contributed by atoms with Crippen LogP contribution >= 0.6 is 10.7 Å². The quantitative estimate of drug-likeness (QED) is 0.542. The summed E-state index contributed by atoms with van der Waals surface area (Å²) < 4.78 is 30.3. The fraction of sp³-hybridized carbons (Fsp3) is 0.600. The molecule has 7 nitrogen and oxygen atoms in total. The van der Waals surface area contributed by atoms with Crippen molar-refractivity contribution in [3.63, 3.8) is 0 Å². The highest BCUT2D eigenvalue weighted by Crippen LogP contribution is 1.91. The number of carbonyl (C=O) groups is 2. The van der Waals surface area contributed by atoms with Gasteiger partial charge in [0.05, 0.1) is 6.61 Å². The summed E-state index contributed by atoms with van der Waals surface area (Å²) in [6.45, 7) is 1.03. The van der Waals surface area contributed by atoms with Crippen molar-refractivity contribution in [3.8, 4) is 0 Å². The first-order valence-corrected chi connectivity index (χ1v) is 5.71. The van der Waals surface area contributed by atoms with Gasteiger partial charge in [-0.2, -0.15) is 8.42 Å². The summed E-state index contributed by atoms with van der Waals surface area (Å²) in [7, 11) is 0.461. The van der Waals surface area contributed by atoms with Crippen molar-refractivity contribution in [1.82, 2.24) is 4.72 Å². The van der Waals surface area contributed by atoms with Crippen LogP contribution in [0.1, 0.15) is 6.92 Å². The van der Waals surface area contributed by atoms with E-state index in [1.807, 2.05) is 0 Å². The summed E-state index contributed by atoms with van der Waals surface area (Å²) in [5, 5.41) is 0. The predicted molar refractivity (Wildman–Crippen MR) is 45.9 cm³/mol. The van der Waals surface area contributed by atoms with Crippen LogP contribution in [0.5, 0.6) is 0 Å². The highest BCUT2D eigenvalue weighted by molar-refractivity contribution is 8.12. The molecule has 82 valence electrons. The lowest BCUT2D eigenvalue weighted by Gasteiger charge is -2.03. The minimum Gasteiger partial charge on any atom is -0.463 e. The van der Waals surface area contributed by atoms with Crippen LogP contribution in [0, 0.1) is 0 Å². The number of hydrogen-bond donors (Lipinski definition) is 1. The van der Waals surface area contributed by atoms with E-state index in [0.717, 1.165) is 0 Å². The van der Waals surface area contributed by atoms with Crippen LogP contribution in [-0.4, -0.2) is 33.7 Å². The standard InChI is InChI=1S/C5H8ClNO6S/c1-2-12-4(8)3-13-5(9)7-14(6,10)11/h2-3H2,1H3,(H,7,9). The van der Waals surface area contributed by atoms with Crippen LogP contribution in [0.2, 0.25) is 0 Å². The van der Waals surface area contributed by atoms with Gasteiger partial charge in [0.15, 0.2) is 6.61 Å². The second-order valence-corrected chi connectivity index (χ2v) is 4.22. The van der Waals surface area contributed by atoms with E-state index >= 15 is 0 Å². The zero-order valence-corrected chi connectivity index (χ0v) is 8.72. The summed E-state index contributed by atoms with van der Waals surface area (Å²) in [4.78, 5) is 21.2. The minimum atomic E-state index is -4.19. The molecule has 0 rings (SSSR count). The van der Waals surface area contributed by atoms with E-state index in [0.29, 0.717) is 0 Å². The molecule has 0 aliphatic carbocycles. The summed E-state index contributed by atoms with van der Waals surface area (Å²) >= 11 is 0. The van der Waals surface area contributed by atoms with Crippen LogP contribution < -0.4 is 4.72 Å². The molecule has 9 heteroatoms. The fourth-order valence-corrected chi connectivity index (χ4v) is 0.903. The lowest BCUT2D eigenvalue weighted by Crippen LogP contribution is -2.29. The SMILES string of the molecule is CCOC(=O)COC(=O)NS(=O)(=O)Cl. The summed E-state index contributed by atoms with van der Waals surface area (Å²) in [5.74, 6) is -0.783. The van der Waals surface area contributed by atoms with Gasteiger partial charge in [-0.3, -0.25) is 0 Å². The van der Waals surface area contributed by atoms with Gasteiger partial charge in [0.25, 0.3) is 0 Å². The number of hydrogen-bond acceptors (Lipinski definition) is 6. The van der Waals surface area contributed by atoms with Gasteiger partial charge in [-0.15, -0.1) is 0 Å². The second kappa shape index (κ2) is 5.66. The average Bonchev–Trinajstić information content (AvgIpc) is 1.98. The number of amides is 1. The van der Waals surface area contributed by atoms with Crippen LogP contribution in [0.15, 0.2) is 0 Å². The largest absolute Gasteiger partial charge is 0.463 e. The smallest absolute Gasteiger partial charge is 0.422 e. The Balaban J connectivity index is 3.81. The van der Waals surface area contributed by atoms with Crippen LogP contribution in [0.4, 0.5) is 4.79 Å². The summed E-state index contributed by atoms with van der Waals surface area (Å²) in [6, 6.07) is 0. The first-order chi connectivity index (χ1) is 6.35. The van der Waals surface area contributed by atoms with Gasteiger partial charge in [0.2, 0.25) is 0 Å². The lowest BCUT2D eigenvalue weighted by atomic mass is 10.7. The summed E-state index contributed by atoms with van der Waals surface area (Å²) in [6.07, 6.45) is -1.34. The van der Waals surface area contributed by atoms with Gasteiger partial charge in [0, 0.05) is 10.7 Å². The molecule has 1 N–H and O–H groups in total. The molecular formula is C5H8ClNO6S. The Labute approximate surface area is 84.9 Å². The molecule has 0 atom stereocenters. The number of halogens is 1. The van der Waals surface area contributed by atoms with Gasteiger partial charge in [-0.1, -0.05) is 0 Å². The molecule has 0 heterocycles. The number of nitrogens with one attached hydrogen (secondary N) is 1. The van der Waals surface area contributed by atoms with Crippen molar-refractivity contribution in [3.05, 3.63) is 0 Å². The highest BCUT2D eigenvalue weighted by Gasteiger charge is 2.13. The van der Waals surface area contributed by atoms with Gasteiger partial charge >= 0.3 is 21.3 Å². The number of carbonyl (C=O) groups excluding carboxylic acids is 2. The maximum Gasteiger partial charge on any atom is 0.422 e. The van der Waals surface area contributed by atoms with Gasteiger partial charge in [-0.25, -0.2) is 14.3 Å². The monoisotopic (exact) mass is 245 g/mol. The summed E-state index contributed by atoms with van der Waals surface area (Å²) in [5.41, 5.74) is 0. The molecule has 0 fully saturated rings. The van der Waals surface area contributed by atoms with Crippen molar-refractivity contribution in [2.45, 2.75) is 6.92 Å². The highest BCUT2D eigenvalue weighted by atomic mass is 35.7. The Hall–Kier alpha value is -1.02. The molecular weight excluding hydrogens is 238 g/mol. The van der Waals surface area contributed by atoms with E-state index in [9.17, 15) is 18.0 Å². The molecule has 0 aromatic heterocycles. The first-order valence-electron chi connectivity index (χ1n) is 3.40. The van der Waals surface area contributed by atoms with Gasteiger partial charge in [0.1, 0.15) is 0 Å². The fourth-order valence-electron chi connectivity index (χ4n) is 0.456.